The summed E-state index contributed by atoms with van der Waals surface area (Å²) in [6, 6.07) is 8.22. The molecule has 0 heterocycles. The minimum Gasteiger partial charge on any atom is -0.352 e. The molecular weight excluding hydrogens is 288 g/mol. The lowest BCUT2D eigenvalue weighted by atomic mass is 9.89. The minimum absolute atomic E-state index is 0.175. The fraction of sp³-hybridized carbons (Fsp3) is 0.579. The SMILES string of the molecule is Cc1cccc(CNC(=O)C(C)(C)C(=O)NC2CCCCC2)c1. The summed E-state index contributed by atoms with van der Waals surface area (Å²) in [5.74, 6) is -0.404. The summed E-state index contributed by atoms with van der Waals surface area (Å²) in [5, 5.41) is 5.93. The van der Waals surface area contributed by atoms with Crippen molar-refractivity contribution in [2.45, 2.75) is 65.5 Å². The molecule has 0 aromatic heterocycles. The maximum Gasteiger partial charge on any atom is 0.235 e. The maximum absolute atomic E-state index is 12.5. The molecule has 4 heteroatoms. The molecule has 0 bridgehead atoms. The zero-order chi connectivity index (χ0) is 16.9. The Bertz CT molecular complexity index is 560. The topological polar surface area (TPSA) is 58.2 Å². The first-order valence-electron chi connectivity index (χ1n) is 8.54. The van der Waals surface area contributed by atoms with E-state index in [-0.39, 0.29) is 17.9 Å². The van der Waals surface area contributed by atoms with Crippen LogP contribution in [0.4, 0.5) is 0 Å². The highest BCUT2D eigenvalue weighted by atomic mass is 16.2. The van der Waals surface area contributed by atoms with E-state index < -0.39 is 5.41 Å². The van der Waals surface area contributed by atoms with Crippen molar-refractivity contribution in [3.8, 4) is 0 Å². The van der Waals surface area contributed by atoms with Crippen LogP contribution in [-0.4, -0.2) is 17.9 Å². The molecule has 0 saturated heterocycles. The van der Waals surface area contributed by atoms with E-state index in [0.717, 1.165) is 36.8 Å². The van der Waals surface area contributed by atoms with Crippen LogP contribution in [0.3, 0.4) is 0 Å². The second-order valence-corrected chi connectivity index (χ2v) is 7.11. The van der Waals surface area contributed by atoms with Gasteiger partial charge in [0.05, 0.1) is 0 Å². The third-order valence-corrected chi connectivity index (χ3v) is 4.61. The summed E-state index contributed by atoms with van der Waals surface area (Å²) in [6.07, 6.45) is 5.60. The molecule has 1 aliphatic rings. The predicted octanol–water partition coefficient (Wildman–Crippen LogP) is 3.09. The molecule has 1 saturated carbocycles. The summed E-state index contributed by atoms with van der Waals surface area (Å²) >= 11 is 0. The Morgan fingerprint density at radius 2 is 1.83 bits per heavy atom. The van der Waals surface area contributed by atoms with E-state index in [1.165, 1.54) is 6.42 Å². The average Bonchev–Trinajstić information content (AvgIpc) is 2.53. The first-order valence-corrected chi connectivity index (χ1v) is 8.54. The molecule has 2 rings (SSSR count). The van der Waals surface area contributed by atoms with E-state index in [1.807, 2.05) is 31.2 Å². The molecular formula is C19H28N2O2. The van der Waals surface area contributed by atoms with E-state index in [2.05, 4.69) is 10.6 Å². The van der Waals surface area contributed by atoms with Crippen LogP contribution in [0.5, 0.6) is 0 Å². The molecule has 126 valence electrons. The predicted molar refractivity (Wildman–Crippen MR) is 91.8 cm³/mol. The van der Waals surface area contributed by atoms with Gasteiger partial charge in [-0.1, -0.05) is 49.1 Å². The van der Waals surface area contributed by atoms with Crippen LogP contribution in [0.25, 0.3) is 0 Å². The quantitative estimate of drug-likeness (QED) is 0.820. The maximum atomic E-state index is 12.5. The number of aryl methyl sites for hydroxylation is 1. The normalized spacial score (nSPS) is 16.0. The van der Waals surface area contributed by atoms with Crippen LogP contribution >= 0.6 is 0 Å². The van der Waals surface area contributed by atoms with Crippen LogP contribution < -0.4 is 10.6 Å². The Morgan fingerprint density at radius 1 is 1.13 bits per heavy atom. The third-order valence-electron chi connectivity index (χ3n) is 4.61. The minimum atomic E-state index is -1.05. The second-order valence-electron chi connectivity index (χ2n) is 7.11. The lowest BCUT2D eigenvalue weighted by molar-refractivity contribution is -0.142. The van der Waals surface area contributed by atoms with E-state index >= 15 is 0 Å². The molecule has 1 aliphatic carbocycles. The first kappa shape index (κ1) is 17.5. The number of carbonyl (C=O) groups is 2. The highest BCUT2D eigenvalue weighted by molar-refractivity contribution is 6.04. The van der Waals surface area contributed by atoms with Gasteiger partial charge >= 0.3 is 0 Å². The van der Waals surface area contributed by atoms with E-state index in [9.17, 15) is 9.59 Å². The van der Waals surface area contributed by atoms with Crippen LogP contribution in [0.2, 0.25) is 0 Å². The molecule has 0 spiro atoms. The van der Waals surface area contributed by atoms with Gasteiger partial charge in [0.25, 0.3) is 0 Å². The Hall–Kier alpha value is -1.84. The average molecular weight is 316 g/mol. The first-order chi connectivity index (χ1) is 10.9. The number of carbonyl (C=O) groups excluding carboxylic acids is 2. The number of hydrogen-bond acceptors (Lipinski definition) is 2. The molecule has 0 radical (unpaired) electrons. The smallest absolute Gasteiger partial charge is 0.235 e. The lowest BCUT2D eigenvalue weighted by Gasteiger charge is -2.28. The van der Waals surface area contributed by atoms with Gasteiger partial charge in [-0.3, -0.25) is 9.59 Å². The molecule has 4 nitrogen and oxygen atoms in total. The van der Waals surface area contributed by atoms with Crippen LogP contribution in [0.15, 0.2) is 24.3 Å². The molecule has 1 fully saturated rings. The number of amides is 2. The van der Waals surface area contributed by atoms with Gasteiger partial charge in [0.2, 0.25) is 11.8 Å². The van der Waals surface area contributed by atoms with Gasteiger partial charge in [0, 0.05) is 12.6 Å². The molecule has 23 heavy (non-hydrogen) atoms. The third kappa shape index (κ3) is 4.81. The number of benzene rings is 1. The van der Waals surface area contributed by atoms with E-state index in [0.29, 0.717) is 6.54 Å². The van der Waals surface area contributed by atoms with Crippen LogP contribution in [0, 0.1) is 12.3 Å². The largest absolute Gasteiger partial charge is 0.352 e. The van der Waals surface area contributed by atoms with Crippen molar-refractivity contribution >= 4 is 11.8 Å². The van der Waals surface area contributed by atoms with Gasteiger partial charge in [-0.15, -0.1) is 0 Å². The fourth-order valence-electron chi connectivity index (χ4n) is 2.94. The van der Waals surface area contributed by atoms with E-state index in [4.69, 9.17) is 0 Å². The highest BCUT2D eigenvalue weighted by Crippen LogP contribution is 2.21. The Labute approximate surface area is 139 Å². The highest BCUT2D eigenvalue weighted by Gasteiger charge is 2.36. The van der Waals surface area contributed by atoms with Crippen molar-refractivity contribution in [1.29, 1.82) is 0 Å². The summed E-state index contributed by atoms with van der Waals surface area (Å²) in [5.41, 5.74) is 1.15. The standard InChI is InChI=1S/C19H28N2O2/c1-14-8-7-9-15(12-14)13-20-17(22)19(2,3)18(23)21-16-10-5-4-6-11-16/h7-9,12,16H,4-6,10-11,13H2,1-3H3,(H,20,22)(H,21,23). The fourth-order valence-corrected chi connectivity index (χ4v) is 2.94. The van der Waals surface area contributed by atoms with Crippen molar-refractivity contribution < 1.29 is 9.59 Å². The van der Waals surface area contributed by atoms with Gasteiger partial charge in [0.1, 0.15) is 5.41 Å². The molecule has 2 amide bonds. The molecule has 0 unspecified atom stereocenters. The molecule has 2 N–H and O–H groups in total. The molecule has 0 aliphatic heterocycles. The van der Waals surface area contributed by atoms with Crippen molar-refractivity contribution in [2.24, 2.45) is 5.41 Å². The van der Waals surface area contributed by atoms with Crippen molar-refractivity contribution in [3.63, 3.8) is 0 Å². The number of hydrogen-bond donors (Lipinski definition) is 2. The summed E-state index contributed by atoms with van der Waals surface area (Å²) in [6.45, 7) is 5.85. The lowest BCUT2D eigenvalue weighted by Crippen LogP contribution is -2.50. The van der Waals surface area contributed by atoms with Crippen molar-refractivity contribution in [1.82, 2.24) is 10.6 Å². The van der Waals surface area contributed by atoms with Gasteiger partial charge in [-0.2, -0.15) is 0 Å². The zero-order valence-corrected chi connectivity index (χ0v) is 14.4. The van der Waals surface area contributed by atoms with Crippen LogP contribution in [-0.2, 0) is 16.1 Å². The monoisotopic (exact) mass is 316 g/mol. The Kier molecular flexibility index (Phi) is 5.80. The number of rotatable bonds is 5. The van der Waals surface area contributed by atoms with Crippen molar-refractivity contribution in [2.75, 3.05) is 0 Å². The summed E-state index contributed by atoms with van der Waals surface area (Å²) < 4.78 is 0. The summed E-state index contributed by atoms with van der Waals surface area (Å²) in [4.78, 5) is 24.9. The summed E-state index contributed by atoms with van der Waals surface area (Å²) in [7, 11) is 0. The zero-order valence-electron chi connectivity index (χ0n) is 14.4. The second kappa shape index (κ2) is 7.62. The van der Waals surface area contributed by atoms with Crippen molar-refractivity contribution in [3.05, 3.63) is 35.4 Å². The van der Waals surface area contributed by atoms with Gasteiger partial charge in [-0.25, -0.2) is 0 Å². The molecule has 0 atom stereocenters. The molecule has 1 aromatic carbocycles. The van der Waals surface area contributed by atoms with Gasteiger partial charge < -0.3 is 10.6 Å². The van der Waals surface area contributed by atoms with E-state index in [1.54, 1.807) is 13.8 Å². The van der Waals surface area contributed by atoms with Crippen LogP contribution in [0.1, 0.15) is 57.1 Å². The Morgan fingerprint density at radius 3 is 2.48 bits per heavy atom. The van der Waals surface area contributed by atoms with Gasteiger partial charge in [0.15, 0.2) is 0 Å². The Balaban J connectivity index is 1.89. The number of nitrogens with one attached hydrogen (secondary N) is 2. The molecule has 1 aromatic rings. The van der Waals surface area contributed by atoms with Gasteiger partial charge in [-0.05, 0) is 39.2 Å².